The fourth-order valence-corrected chi connectivity index (χ4v) is 9.22. The molecule has 4 heteroatoms. The van der Waals surface area contributed by atoms with E-state index in [1.54, 1.807) is 0 Å². The molecule has 0 bridgehead atoms. The van der Waals surface area contributed by atoms with E-state index in [2.05, 4.69) is 90.9 Å². The molecule has 2 aromatic rings. The summed E-state index contributed by atoms with van der Waals surface area (Å²) in [5.41, 5.74) is 0. The van der Waals surface area contributed by atoms with Gasteiger partial charge in [0.05, 0.1) is 0 Å². The first-order valence-corrected chi connectivity index (χ1v) is 13.3. The molecule has 0 saturated carbocycles. The fourth-order valence-electron chi connectivity index (χ4n) is 1.63. The van der Waals surface area contributed by atoms with Crippen molar-refractivity contribution in [3.8, 4) is 0 Å². The monoisotopic (exact) mass is 404 g/mol. The third-order valence-corrected chi connectivity index (χ3v) is 10.9. The van der Waals surface area contributed by atoms with Crippen molar-refractivity contribution in [1.29, 1.82) is 0 Å². The molecule has 0 amide bonds. The molecule has 0 spiro atoms. The molecule has 0 fully saturated rings. The van der Waals surface area contributed by atoms with Gasteiger partial charge in [-0.3, -0.25) is 0 Å². The van der Waals surface area contributed by atoms with E-state index in [9.17, 15) is 0 Å². The van der Waals surface area contributed by atoms with E-state index < -0.39 is 0 Å². The Kier molecular flexibility index (Phi) is 6.13. The van der Waals surface area contributed by atoms with E-state index in [0.717, 1.165) is 0 Å². The van der Waals surface area contributed by atoms with Crippen LogP contribution in [-0.2, 0) is 0 Å². The molecule has 0 aliphatic heterocycles. The number of benzene rings is 2. The van der Waals surface area contributed by atoms with Gasteiger partial charge in [0.15, 0.2) is 0 Å². The minimum atomic E-state index is -0.127. The summed E-state index contributed by atoms with van der Waals surface area (Å²) in [4.78, 5) is 0. The van der Waals surface area contributed by atoms with E-state index in [1.165, 1.54) is 22.9 Å². The molecule has 2 atom stereocenters. The topological polar surface area (TPSA) is 0 Å². The molecular formula is C14H14P2Se2+2. The van der Waals surface area contributed by atoms with Crippen molar-refractivity contribution < 1.29 is 0 Å². The van der Waals surface area contributed by atoms with Gasteiger partial charge >= 0.3 is 126 Å². The normalized spacial score (nSPS) is 12.0. The van der Waals surface area contributed by atoms with Gasteiger partial charge in [0.2, 0.25) is 0 Å². The Bertz CT molecular complexity index is 487. The Morgan fingerprint density at radius 3 is 1.28 bits per heavy atom. The zero-order chi connectivity index (χ0) is 12.8. The van der Waals surface area contributed by atoms with E-state index in [-0.39, 0.29) is 12.3 Å². The van der Waals surface area contributed by atoms with Crippen LogP contribution < -0.4 is 10.6 Å². The van der Waals surface area contributed by atoms with E-state index in [1.807, 2.05) is 0 Å². The summed E-state index contributed by atoms with van der Waals surface area (Å²) >= 11 is 6.72. The SMILES string of the molecule is [Se]=[P+](CC[P+](=[Se])c1ccccc1)c1ccccc1. The summed E-state index contributed by atoms with van der Waals surface area (Å²) in [7, 11) is 0. The van der Waals surface area contributed by atoms with Gasteiger partial charge in [-0.25, -0.2) is 0 Å². The average Bonchev–Trinajstić information content (AvgIpc) is 2.46. The Hall–Kier alpha value is 0.0790. The van der Waals surface area contributed by atoms with Gasteiger partial charge in [-0.15, -0.1) is 0 Å². The molecule has 2 unspecified atom stereocenters. The number of hydrogen-bond acceptors (Lipinski definition) is 0. The molecule has 0 N–H and O–H groups in total. The first kappa shape index (κ1) is 14.5. The second-order valence-electron chi connectivity index (χ2n) is 3.88. The quantitative estimate of drug-likeness (QED) is 0.533. The van der Waals surface area contributed by atoms with Gasteiger partial charge in [0.25, 0.3) is 0 Å². The third kappa shape index (κ3) is 4.32. The van der Waals surface area contributed by atoms with Crippen LogP contribution in [0.2, 0.25) is 0 Å². The molecule has 2 rings (SSSR count). The Balaban J connectivity index is 1.93. The summed E-state index contributed by atoms with van der Waals surface area (Å²) in [6.07, 6.45) is 2.26. The molecule has 0 nitrogen and oxygen atoms in total. The van der Waals surface area contributed by atoms with Crippen molar-refractivity contribution >= 4 is 53.1 Å². The van der Waals surface area contributed by atoms with Crippen LogP contribution in [0.4, 0.5) is 0 Å². The first-order chi connectivity index (χ1) is 8.77. The minimum absolute atomic E-state index is 0.127. The predicted molar refractivity (Wildman–Crippen MR) is 87.2 cm³/mol. The maximum absolute atomic E-state index is 3.36. The molecule has 0 saturated heterocycles. The maximum atomic E-state index is 3.36. The van der Waals surface area contributed by atoms with Crippen molar-refractivity contribution in [2.75, 3.05) is 12.3 Å². The van der Waals surface area contributed by atoms with Crippen LogP contribution in [0.1, 0.15) is 0 Å². The Morgan fingerprint density at radius 2 is 0.944 bits per heavy atom. The Labute approximate surface area is 125 Å². The first-order valence-electron chi connectivity index (χ1n) is 5.77. The van der Waals surface area contributed by atoms with Crippen LogP contribution in [0.15, 0.2) is 60.7 Å². The van der Waals surface area contributed by atoms with Gasteiger partial charge in [0.1, 0.15) is 0 Å². The Morgan fingerprint density at radius 1 is 0.611 bits per heavy atom. The summed E-state index contributed by atoms with van der Waals surface area (Å²) in [5.74, 6) is 0. The van der Waals surface area contributed by atoms with Gasteiger partial charge in [-0.05, 0) is 0 Å². The van der Waals surface area contributed by atoms with Crippen molar-refractivity contribution in [1.82, 2.24) is 0 Å². The van der Waals surface area contributed by atoms with E-state index >= 15 is 0 Å². The predicted octanol–water partition coefficient (Wildman–Crippen LogP) is 2.77. The van der Waals surface area contributed by atoms with Crippen LogP contribution in [0.3, 0.4) is 0 Å². The molecule has 0 radical (unpaired) electrons. The second-order valence-corrected chi connectivity index (χ2v) is 12.9. The average molecular weight is 402 g/mol. The van der Waals surface area contributed by atoms with Crippen molar-refractivity contribution in [2.24, 2.45) is 0 Å². The van der Waals surface area contributed by atoms with Crippen molar-refractivity contribution in [3.05, 3.63) is 60.7 Å². The summed E-state index contributed by atoms with van der Waals surface area (Å²) < 4.78 is 0. The van der Waals surface area contributed by atoms with Crippen molar-refractivity contribution in [3.63, 3.8) is 0 Å². The fraction of sp³-hybridized carbons (Fsp3) is 0.143. The molecule has 0 aromatic heterocycles. The van der Waals surface area contributed by atoms with Crippen LogP contribution in [0.5, 0.6) is 0 Å². The number of rotatable bonds is 5. The van der Waals surface area contributed by atoms with Gasteiger partial charge in [-0.1, -0.05) is 0 Å². The molecule has 2 aromatic carbocycles. The molecule has 18 heavy (non-hydrogen) atoms. The summed E-state index contributed by atoms with van der Waals surface area (Å²) in [5, 5.41) is 2.92. The van der Waals surface area contributed by atoms with Crippen LogP contribution in [0, 0.1) is 0 Å². The van der Waals surface area contributed by atoms with Crippen molar-refractivity contribution in [2.45, 2.75) is 0 Å². The van der Waals surface area contributed by atoms with Gasteiger partial charge < -0.3 is 0 Å². The van der Waals surface area contributed by atoms with E-state index in [0.29, 0.717) is 0 Å². The van der Waals surface area contributed by atoms with Crippen LogP contribution in [-0.4, -0.2) is 42.5 Å². The van der Waals surface area contributed by atoms with Crippen LogP contribution in [0.25, 0.3) is 0 Å². The third-order valence-electron chi connectivity index (χ3n) is 2.59. The van der Waals surface area contributed by atoms with Crippen LogP contribution >= 0.6 is 12.3 Å². The standard InChI is InChI=1S/C14H14P2Se2/c17-15(13-7-3-1-4-8-13)11-12-16(18)14-9-5-2-6-10-14/h1-10H,11-12H2/q+2. The number of hydrogen-bond donors (Lipinski definition) is 0. The molecular weight excluding hydrogens is 388 g/mol. The molecule has 0 heterocycles. The molecule has 0 aliphatic rings. The molecule has 90 valence electrons. The summed E-state index contributed by atoms with van der Waals surface area (Å²) in [6.45, 7) is 0. The zero-order valence-electron chi connectivity index (χ0n) is 9.90. The van der Waals surface area contributed by atoms with Gasteiger partial charge in [-0.2, -0.15) is 0 Å². The summed E-state index contributed by atoms with van der Waals surface area (Å²) in [6, 6.07) is 21.6. The molecule has 0 aliphatic carbocycles. The zero-order valence-corrected chi connectivity index (χ0v) is 15.1. The van der Waals surface area contributed by atoms with E-state index in [4.69, 9.17) is 0 Å². The van der Waals surface area contributed by atoms with Gasteiger partial charge in [0, 0.05) is 0 Å². The second kappa shape index (κ2) is 7.62.